The Morgan fingerprint density at radius 1 is 1.53 bits per heavy atom. The number of hydrogen-bond acceptors (Lipinski definition) is 4. The molecule has 0 aliphatic rings. The summed E-state index contributed by atoms with van der Waals surface area (Å²) in [5.74, 6) is -0.740. The van der Waals surface area contributed by atoms with Gasteiger partial charge in [0.05, 0.1) is 11.8 Å². The molecule has 2 amide bonds. The van der Waals surface area contributed by atoms with Gasteiger partial charge in [0.25, 0.3) is 11.8 Å². The molecular formula is C11H14N6O2. The van der Waals surface area contributed by atoms with Gasteiger partial charge in [-0.05, 0) is 6.42 Å². The number of H-pyrrole nitrogens is 1. The number of amides is 2. The molecule has 0 saturated carbocycles. The Labute approximate surface area is 109 Å². The van der Waals surface area contributed by atoms with Crippen LogP contribution in [0.1, 0.15) is 34.2 Å². The summed E-state index contributed by atoms with van der Waals surface area (Å²) in [5, 5.41) is 12.8. The molecule has 0 spiro atoms. The van der Waals surface area contributed by atoms with Gasteiger partial charge in [-0.1, -0.05) is 6.92 Å². The summed E-state index contributed by atoms with van der Waals surface area (Å²) in [7, 11) is 0. The molecule has 2 heterocycles. The van der Waals surface area contributed by atoms with Crippen LogP contribution < -0.4 is 11.1 Å². The van der Waals surface area contributed by atoms with Crippen LogP contribution in [0.15, 0.2) is 18.5 Å². The number of anilines is 1. The van der Waals surface area contributed by atoms with Gasteiger partial charge in [0.1, 0.15) is 5.69 Å². The van der Waals surface area contributed by atoms with Crippen LogP contribution in [0.4, 0.5) is 5.82 Å². The highest BCUT2D eigenvalue weighted by Crippen LogP contribution is 2.07. The number of nitrogens with one attached hydrogen (secondary N) is 2. The number of nitrogens with two attached hydrogens (primary N) is 1. The summed E-state index contributed by atoms with van der Waals surface area (Å²) in [6, 6.07) is 1.37. The van der Waals surface area contributed by atoms with Crippen LogP contribution in [0.5, 0.6) is 0 Å². The lowest BCUT2D eigenvalue weighted by Gasteiger charge is -1.98. The Balaban J connectivity index is 2.04. The molecule has 0 saturated heterocycles. The minimum Gasteiger partial charge on any atom is -0.364 e. The van der Waals surface area contributed by atoms with E-state index in [1.807, 2.05) is 6.92 Å². The topological polar surface area (TPSA) is 119 Å². The molecule has 2 rings (SSSR count). The second-order valence-electron chi connectivity index (χ2n) is 3.98. The van der Waals surface area contributed by atoms with E-state index in [0.29, 0.717) is 5.56 Å². The summed E-state index contributed by atoms with van der Waals surface area (Å²) >= 11 is 0. The molecule has 4 N–H and O–H groups in total. The minimum atomic E-state index is -0.635. The van der Waals surface area contributed by atoms with Crippen molar-refractivity contribution in [2.75, 3.05) is 5.32 Å². The lowest BCUT2D eigenvalue weighted by molar-refractivity contribution is 0.0993. The fourth-order valence-corrected chi connectivity index (χ4v) is 1.53. The van der Waals surface area contributed by atoms with Crippen molar-refractivity contribution in [3.63, 3.8) is 0 Å². The highest BCUT2D eigenvalue weighted by atomic mass is 16.2. The second kappa shape index (κ2) is 5.34. The number of aromatic nitrogens is 4. The molecular weight excluding hydrogens is 248 g/mol. The van der Waals surface area contributed by atoms with E-state index in [1.54, 1.807) is 10.9 Å². The van der Waals surface area contributed by atoms with Gasteiger partial charge in [0.15, 0.2) is 5.82 Å². The summed E-state index contributed by atoms with van der Waals surface area (Å²) < 4.78 is 1.69. The number of carbonyl (C=O) groups excluding carboxylic acids is 2. The third-order valence-electron chi connectivity index (χ3n) is 2.43. The predicted molar refractivity (Wildman–Crippen MR) is 67.6 cm³/mol. The molecule has 0 unspecified atom stereocenters. The van der Waals surface area contributed by atoms with Crippen LogP contribution in [-0.2, 0) is 6.54 Å². The van der Waals surface area contributed by atoms with Crippen molar-refractivity contribution in [3.8, 4) is 0 Å². The Bertz CT molecular complexity index is 600. The third-order valence-corrected chi connectivity index (χ3v) is 2.43. The number of nitrogens with zero attached hydrogens (tertiary/aromatic N) is 3. The van der Waals surface area contributed by atoms with Gasteiger partial charge in [-0.2, -0.15) is 10.2 Å². The van der Waals surface area contributed by atoms with Crippen LogP contribution in [0.2, 0.25) is 0 Å². The second-order valence-corrected chi connectivity index (χ2v) is 3.98. The molecule has 2 aromatic heterocycles. The van der Waals surface area contributed by atoms with Crippen LogP contribution >= 0.6 is 0 Å². The van der Waals surface area contributed by atoms with Gasteiger partial charge in [-0.15, -0.1) is 0 Å². The quantitative estimate of drug-likeness (QED) is 0.721. The number of hydrogen-bond donors (Lipinski definition) is 3. The molecule has 8 nitrogen and oxygen atoms in total. The van der Waals surface area contributed by atoms with Crippen molar-refractivity contribution in [1.82, 2.24) is 20.0 Å². The Morgan fingerprint density at radius 2 is 2.32 bits per heavy atom. The zero-order chi connectivity index (χ0) is 13.8. The van der Waals surface area contributed by atoms with Crippen LogP contribution in [-0.4, -0.2) is 31.8 Å². The van der Waals surface area contributed by atoms with Gasteiger partial charge < -0.3 is 11.1 Å². The van der Waals surface area contributed by atoms with E-state index in [2.05, 4.69) is 20.6 Å². The van der Waals surface area contributed by atoms with E-state index >= 15 is 0 Å². The Hall–Kier alpha value is -2.64. The van der Waals surface area contributed by atoms with Crippen molar-refractivity contribution >= 4 is 17.6 Å². The lowest BCUT2D eigenvalue weighted by Crippen LogP contribution is -2.12. The van der Waals surface area contributed by atoms with Crippen molar-refractivity contribution in [3.05, 3.63) is 29.7 Å². The maximum atomic E-state index is 11.9. The third kappa shape index (κ3) is 2.97. The molecule has 0 bridgehead atoms. The average molecular weight is 262 g/mol. The summed E-state index contributed by atoms with van der Waals surface area (Å²) in [6.07, 6.45) is 4.07. The molecule has 0 aliphatic carbocycles. The number of aryl methyl sites for hydroxylation is 1. The summed E-state index contributed by atoms with van der Waals surface area (Å²) in [5.41, 5.74) is 5.63. The van der Waals surface area contributed by atoms with Gasteiger partial charge in [0.2, 0.25) is 0 Å². The molecule has 8 heteroatoms. The van der Waals surface area contributed by atoms with E-state index in [-0.39, 0.29) is 17.4 Å². The first kappa shape index (κ1) is 12.8. The van der Waals surface area contributed by atoms with E-state index in [9.17, 15) is 9.59 Å². The van der Waals surface area contributed by atoms with Crippen molar-refractivity contribution < 1.29 is 9.59 Å². The number of carbonyl (C=O) groups is 2. The molecule has 0 atom stereocenters. The van der Waals surface area contributed by atoms with Gasteiger partial charge in [-0.3, -0.25) is 19.4 Å². The molecule has 0 radical (unpaired) electrons. The molecule has 100 valence electrons. The number of rotatable bonds is 5. The molecule has 2 aromatic rings. The maximum absolute atomic E-state index is 11.9. The van der Waals surface area contributed by atoms with Crippen molar-refractivity contribution in [2.45, 2.75) is 19.9 Å². The minimum absolute atomic E-state index is 0.136. The first-order chi connectivity index (χ1) is 9.10. The van der Waals surface area contributed by atoms with E-state index in [4.69, 9.17) is 5.73 Å². The first-order valence-corrected chi connectivity index (χ1v) is 5.79. The SMILES string of the molecule is CCCn1cc(C(=O)Nc2cc(C(N)=O)[nH]n2)cn1. The lowest BCUT2D eigenvalue weighted by atomic mass is 10.3. The van der Waals surface area contributed by atoms with Crippen molar-refractivity contribution in [2.24, 2.45) is 5.73 Å². The van der Waals surface area contributed by atoms with Gasteiger partial charge in [-0.25, -0.2) is 0 Å². The molecule has 19 heavy (non-hydrogen) atoms. The average Bonchev–Trinajstić information content (AvgIpc) is 2.98. The fraction of sp³-hybridized carbons (Fsp3) is 0.273. The highest BCUT2D eigenvalue weighted by molar-refractivity contribution is 6.04. The number of primary amides is 1. The van der Waals surface area contributed by atoms with E-state index in [1.165, 1.54) is 12.3 Å². The smallest absolute Gasteiger partial charge is 0.266 e. The number of aromatic amines is 1. The summed E-state index contributed by atoms with van der Waals surface area (Å²) in [4.78, 5) is 22.7. The maximum Gasteiger partial charge on any atom is 0.266 e. The van der Waals surface area contributed by atoms with Gasteiger partial charge >= 0.3 is 0 Å². The predicted octanol–water partition coefficient (Wildman–Crippen LogP) is 0.367. The van der Waals surface area contributed by atoms with Gasteiger partial charge in [0, 0.05) is 18.8 Å². The van der Waals surface area contributed by atoms with Crippen LogP contribution in [0.3, 0.4) is 0 Å². The largest absolute Gasteiger partial charge is 0.364 e. The van der Waals surface area contributed by atoms with E-state index < -0.39 is 5.91 Å². The highest BCUT2D eigenvalue weighted by Gasteiger charge is 2.12. The standard InChI is InChI=1S/C11H14N6O2/c1-2-3-17-6-7(5-13-17)11(19)14-9-4-8(10(12)18)15-16-9/h4-6H,2-3H2,1H3,(H2,12,18)(H2,14,15,16,19). The van der Waals surface area contributed by atoms with Crippen molar-refractivity contribution in [1.29, 1.82) is 0 Å². The zero-order valence-corrected chi connectivity index (χ0v) is 10.4. The monoisotopic (exact) mass is 262 g/mol. The molecule has 0 fully saturated rings. The fourth-order valence-electron chi connectivity index (χ4n) is 1.53. The molecule has 0 aromatic carbocycles. The van der Waals surface area contributed by atoms with Crippen LogP contribution in [0, 0.1) is 0 Å². The first-order valence-electron chi connectivity index (χ1n) is 5.79. The van der Waals surface area contributed by atoms with E-state index in [0.717, 1.165) is 13.0 Å². The normalized spacial score (nSPS) is 10.4. The van der Waals surface area contributed by atoms with Crippen LogP contribution in [0.25, 0.3) is 0 Å². The summed E-state index contributed by atoms with van der Waals surface area (Å²) in [6.45, 7) is 2.78. The Kier molecular flexibility index (Phi) is 3.60. The zero-order valence-electron chi connectivity index (χ0n) is 10.4. The Morgan fingerprint density at radius 3 is 2.95 bits per heavy atom. The molecule has 0 aliphatic heterocycles.